The van der Waals surface area contributed by atoms with Crippen molar-refractivity contribution in [1.29, 1.82) is 0 Å². The predicted molar refractivity (Wildman–Crippen MR) is 246 cm³/mol. The summed E-state index contributed by atoms with van der Waals surface area (Å²) < 4.78 is 9.66. The number of fused-ring (bicyclic) bond motifs is 4. The number of aromatic nitrogens is 4. The predicted octanol–water partition coefficient (Wildman–Crippen LogP) is 8.71. The van der Waals surface area contributed by atoms with E-state index >= 15 is 0 Å². The molecular weight excluding hydrogens is 809 g/mol. The van der Waals surface area contributed by atoms with Crippen molar-refractivity contribution >= 4 is 39.9 Å². The Morgan fingerprint density at radius 3 is 2.08 bits per heavy atom. The van der Waals surface area contributed by atoms with Gasteiger partial charge < -0.3 is 40.1 Å². The molecule has 2 bridgehead atoms. The number of carbonyl (C=O) groups excluding carboxylic acids is 3. The zero-order valence-corrected chi connectivity index (χ0v) is 37.3. The van der Waals surface area contributed by atoms with Gasteiger partial charge >= 0.3 is 12.2 Å². The van der Waals surface area contributed by atoms with Gasteiger partial charge in [0.1, 0.15) is 23.9 Å². The van der Waals surface area contributed by atoms with Crippen LogP contribution in [0.1, 0.15) is 83.5 Å². The first-order valence-electron chi connectivity index (χ1n) is 22.5. The van der Waals surface area contributed by atoms with Gasteiger partial charge in [0.05, 0.1) is 55.3 Å². The van der Waals surface area contributed by atoms with Crippen molar-refractivity contribution in [1.82, 2.24) is 40.4 Å². The fourth-order valence-electron chi connectivity index (χ4n) is 10.4. The van der Waals surface area contributed by atoms with E-state index in [4.69, 9.17) is 19.4 Å². The topological polar surface area (TPSA) is 178 Å². The molecule has 14 nitrogen and oxygen atoms in total. The summed E-state index contributed by atoms with van der Waals surface area (Å²) in [5.41, 5.74) is 8.10. The molecule has 9 rings (SSSR count). The molecule has 2 aliphatic heterocycles. The van der Waals surface area contributed by atoms with Crippen LogP contribution < -0.4 is 10.6 Å². The standard InChI is InChI=1S/C50H58N8O6/c1-27(2)42(55-49(61)63-5)47(59)57-21-7-8-41(57)45-51-26-40(54-45)30-11-9-29(10-12-30)31-13-14-33-23-34(16-15-32(33)22-31)35-18-20-38-39(25-35)53-46(52-38)44-36-17-19-37(24-36)58(44)48(60)43(28(3)4)56-50(62)64-6/h9-16,18,20,22-23,25-28,36-37,41-44,48,60H,7-8,17,19,21,24H2,1-6H3,(H,51,54)(H,52,53)(H,55,61)(H,56,62)/t36-,37+,41-,42-,43-,44-,48?/m0/s1. The van der Waals surface area contributed by atoms with Crippen LogP contribution in [0.25, 0.3) is 55.3 Å². The Balaban J connectivity index is 0.893. The number of aromatic amines is 2. The molecule has 1 saturated carbocycles. The average molecular weight is 867 g/mol. The van der Waals surface area contributed by atoms with Crippen LogP contribution in [-0.2, 0) is 14.3 Å². The summed E-state index contributed by atoms with van der Waals surface area (Å²) in [6, 6.07) is 26.6. The van der Waals surface area contributed by atoms with Crippen molar-refractivity contribution in [3.8, 4) is 33.5 Å². The summed E-state index contributed by atoms with van der Waals surface area (Å²) in [6.45, 7) is 8.41. The second-order valence-electron chi connectivity index (χ2n) is 18.4. The van der Waals surface area contributed by atoms with Crippen LogP contribution in [-0.4, -0.2) is 98.1 Å². The van der Waals surface area contributed by atoms with Gasteiger partial charge in [-0.05, 0) is 113 Å². The first-order valence-corrected chi connectivity index (χ1v) is 22.5. The van der Waals surface area contributed by atoms with Gasteiger partial charge in [-0.3, -0.25) is 9.69 Å². The molecular formula is C50H58N8O6. The summed E-state index contributed by atoms with van der Waals surface area (Å²) in [5.74, 6) is 1.72. The molecule has 1 aliphatic carbocycles. The third-order valence-electron chi connectivity index (χ3n) is 13.8. The summed E-state index contributed by atoms with van der Waals surface area (Å²) in [4.78, 5) is 58.7. The maximum absolute atomic E-state index is 13.6. The van der Waals surface area contributed by atoms with Crippen molar-refractivity contribution in [2.75, 3.05) is 20.8 Å². The van der Waals surface area contributed by atoms with Gasteiger partial charge in [-0.2, -0.15) is 0 Å². The number of aliphatic hydroxyl groups excluding tert-OH is 1. The molecule has 7 atom stereocenters. The number of H-pyrrole nitrogens is 2. The van der Waals surface area contributed by atoms with Gasteiger partial charge in [0.25, 0.3) is 0 Å². The summed E-state index contributed by atoms with van der Waals surface area (Å²) in [7, 11) is 2.64. The van der Waals surface area contributed by atoms with Crippen molar-refractivity contribution in [2.24, 2.45) is 17.8 Å². The first-order chi connectivity index (χ1) is 30.9. The summed E-state index contributed by atoms with van der Waals surface area (Å²) in [6.07, 6.45) is 4.51. The van der Waals surface area contributed by atoms with Crippen molar-refractivity contribution in [3.63, 3.8) is 0 Å². The molecule has 4 aromatic carbocycles. The molecule has 6 aromatic rings. The number of likely N-dealkylation sites (tertiary alicyclic amines) is 2. The number of ether oxygens (including phenoxy) is 2. The largest absolute Gasteiger partial charge is 0.453 e. The molecule has 4 heterocycles. The molecule has 0 spiro atoms. The second-order valence-corrected chi connectivity index (χ2v) is 18.4. The van der Waals surface area contributed by atoms with Gasteiger partial charge in [0.2, 0.25) is 5.91 Å². The summed E-state index contributed by atoms with van der Waals surface area (Å²) >= 11 is 0. The van der Waals surface area contributed by atoms with Gasteiger partial charge in [0, 0.05) is 12.6 Å². The minimum atomic E-state index is -0.880. The Kier molecular flexibility index (Phi) is 11.9. The van der Waals surface area contributed by atoms with Crippen molar-refractivity contribution < 1.29 is 29.0 Å². The lowest BCUT2D eigenvalue weighted by molar-refractivity contribution is -0.135. The SMILES string of the molecule is COC(=O)N[C@@H](C(C)C)C(O)N1[C@@H]2CC[C@@H](C2)[C@H]1c1nc2ccc(-c3ccc4cc(-c5ccc(-c6cnc([C@@H]7CCCN7C(=O)[C@@H](NC(=O)OC)C(C)C)[nH]6)cc5)ccc4c3)cc2[nH]1. The van der Waals surface area contributed by atoms with Crippen LogP contribution in [0, 0.1) is 17.8 Å². The number of hydrogen-bond acceptors (Lipinski definition) is 9. The van der Waals surface area contributed by atoms with E-state index in [1.54, 1.807) is 0 Å². The third-order valence-corrected chi connectivity index (χ3v) is 13.8. The Labute approximate surface area is 373 Å². The minimum absolute atomic E-state index is 0.00361. The van der Waals surface area contributed by atoms with E-state index in [0.717, 1.165) is 99.1 Å². The number of amides is 3. The van der Waals surface area contributed by atoms with Crippen LogP contribution in [0.3, 0.4) is 0 Å². The molecule has 0 radical (unpaired) electrons. The second kappa shape index (κ2) is 17.7. The van der Waals surface area contributed by atoms with Crippen LogP contribution in [0.4, 0.5) is 9.59 Å². The van der Waals surface area contributed by atoms with Gasteiger partial charge in [0.15, 0.2) is 0 Å². The number of hydrogen-bond donors (Lipinski definition) is 5. The number of nitrogens with zero attached hydrogens (tertiary/aromatic N) is 4. The maximum atomic E-state index is 13.6. The van der Waals surface area contributed by atoms with Crippen molar-refractivity contribution in [3.05, 3.63) is 96.7 Å². The Morgan fingerprint density at radius 1 is 0.750 bits per heavy atom. The highest BCUT2D eigenvalue weighted by Crippen LogP contribution is 2.51. The molecule has 2 saturated heterocycles. The average Bonchev–Trinajstić information content (AvgIpc) is 4.17. The highest BCUT2D eigenvalue weighted by Gasteiger charge is 2.52. The van der Waals surface area contributed by atoms with Crippen LogP contribution in [0.15, 0.2) is 85.1 Å². The van der Waals surface area contributed by atoms with Gasteiger partial charge in [-0.25, -0.2) is 19.6 Å². The van der Waals surface area contributed by atoms with E-state index < -0.39 is 30.5 Å². The van der Waals surface area contributed by atoms with Crippen LogP contribution in [0.5, 0.6) is 0 Å². The highest BCUT2D eigenvalue weighted by atomic mass is 16.5. The third kappa shape index (κ3) is 8.20. The maximum Gasteiger partial charge on any atom is 0.407 e. The van der Waals surface area contributed by atoms with E-state index in [0.29, 0.717) is 12.5 Å². The molecule has 334 valence electrons. The Hall–Kier alpha value is -6.25. The van der Waals surface area contributed by atoms with E-state index in [9.17, 15) is 19.5 Å². The molecule has 3 amide bonds. The Bertz CT molecular complexity index is 2670. The molecule has 2 aromatic heterocycles. The van der Waals surface area contributed by atoms with Crippen molar-refractivity contribution in [2.45, 2.75) is 96.2 Å². The van der Waals surface area contributed by atoms with E-state index in [1.165, 1.54) is 14.2 Å². The number of rotatable bonds is 12. The molecule has 14 heteroatoms. The van der Waals surface area contributed by atoms with Crippen LogP contribution in [0.2, 0.25) is 0 Å². The van der Waals surface area contributed by atoms with Gasteiger partial charge in [-0.1, -0.05) is 82.3 Å². The lowest BCUT2D eigenvalue weighted by atomic mass is 9.95. The normalized spacial score (nSPS) is 21.2. The smallest absolute Gasteiger partial charge is 0.407 e. The molecule has 3 fully saturated rings. The van der Waals surface area contributed by atoms with E-state index in [2.05, 4.69) is 104 Å². The number of alkyl carbamates (subject to hydrolysis) is 2. The number of nitrogens with one attached hydrogen (secondary N) is 4. The molecule has 1 unspecified atom stereocenters. The lowest BCUT2D eigenvalue weighted by Gasteiger charge is -2.41. The van der Waals surface area contributed by atoms with E-state index in [1.807, 2.05) is 38.8 Å². The number of piperidine rings is 1. The Morgan fingerprint density at radius 2 is 1.39 bits per heavy atom. The summed E-state index contributed by atoms with van der Waals surface area (Å²) in [5, 5.41) is 19.6. The fraction of sp³-hybridized carbons (Fsp3) is 0.420. The molecule has 64 heavy (non-hydrogen) atoms. The van der Waals surface area contributed by atoms with Crippen LogP contribution >= 0.6 is 0 Å². The quantitative estimate of drug-likeness (QED) is 0.0805. The first kappa shape index (κ1) is 43.0. The minimum Gasteiger partial charge on any atom is -0.453 e. The number of carbonyl (C=O) groups is 3. The lowest BCUT2D eigenvalue weighted by Crippen LogP contribution is -2.56. The monoisotopic (exact) mass is 866 g/mol. The zero-order valence-electron chi connectivity index (χ0n) is 37.3. The number of imidazole rings is 2. The molecule has 3 aliphatic rings. The fourth-order valence-corrected chi connectivity index (χ4v) is 10.4. The zero-order chi connectivity index (χ0) is 44.8. The number of aliphatic hydroxyl groups is 1. The highest BCUT2D eigenvalue weighted by molar-refractivity contribution is 5.92. The molecule has 5 N–H and O–H groups in total. The number of benzene rings is 4. The van der Waals surface area contributed by atoms with Gasteiger partial charge in [-0.15, -0.1) is 0 Å². The number of methoxy groups -OCH3 is 2. The van der Waals surface area contributed by atoms with E-state index in [-0.39, 0.29) is 35.9 Å².